The lowest BCUT2D eigenvalue weighted by Gasteiger charge is -2.30. The molecule has 1 saturated heterocycles. The number of hydrogen-bond acceptors (Lipinski definition) is 5. The first-order chi connectivity index (χ1) is 11.8. The Balaban J connectivity index is 1.41. The summed E-state index contributed by atoms with van der Waals surface area (Å²) in [5, 5.41) is 4.10. The van der Waals surface area contributed by atoms with E-state index in [0.717, 1.165) is 24.9 Å². The smallest absolute Gasteiger partial charge is 0.231 e. The Morgan fingerprint density at radius 2 is 2.08 bits per heavy atom. The lowest BCUT2D eigenvalue weighted by atomic mass is 9.97. The summed E-state index contributed by atoms with van der Waals surface area (Å²) in [6.07, 6.45) is 7.41. The Morgan fingerprint density at radius 1 is 1.17 bits per heavy atom. The number of carbonyl (C=O) groups is 1. The van der Waals surface area contributed by atoms with Crippen LogP contribution in [0.5, 0.6) is 0 Å². The summed E-state index contributed by atoms with van der Waals surface area (Å²) in [7, 11) is 0. The van der Waals surface area contributed by atoms with Crippen LogP contribution >= 0.6 is 0 Å². The molecule has 5 rings (SSSR count). The van der Waals surface area contributed by atoms with E-state index in [-0.39, 0.29) is 11.8 Å². The van der Waals surface area contributed by atoms with Gasteiger partial charge in [0.25, 0.3) is 0 Å². The largest absolute Gasteiger partial charge is 0.339 e. The van der Waals surface area contributed by atoms with Crippen molar-refractivity contribution in [1.82, 2.24) is 24.4 Å². The van der Waals surface area contributed by atoms with E-state index in [0.29, 0.717) is 36.4 Å². The van der Waals surface area contributed by atoms with E-state index in [1.54, 1.807) is 0 Å². The molecule has 122 valence electrons. The number of hydrogen-bond donors (Lipinski definition) is 0. The van der Waals surface area contributed by atoms with Crippen LogP contribution < -0.4 is 0 Å². The summed E-state index contributed by atoms with van der Waals surface area (Å²) in [5.74, 6) is 1.50. The summed E-state index contributed by atoms with van der Waals surface area (Å²) in [6, 6.07) is 6.26. The molecule has 24 heavy (non-hydrogen) atoms. The number of likely N-dealkylation sites (tertiary alicyclic amines) is 1. The highest BCUT2D eigenvalue weighted by molar-refractivity contribution is 5.77. The van der Waals surface area contributed by atoms with Gasteiger partial charge in [-0.2, -0.15) is 4.98 Å². The molecule has 0 radical (unpaired) electrons. The molecule has 1 atom stereocenters. The minimum absolute atomic E-state index is 0.126. The second kappa shape index (κ2) is 5.15. The molecule has 4 heterocycles. The van der Waals surface area contributed by atoms with E-state index in [4.69, 9.17) is 4.52 Å². The number of fused-ring (bicyclic) bond motifs is 1. The highest BCUT2D eigenvalue weighted by atomic mass is 16.5. The molecular weight excluding hydrogens is 306 g/mol. The van der Waals surface area contributed by atoms with Gasteiger partial charge in [0.1, 0.15) is 11.3 Å². The van der Waals surface area contributed by atoms with Crippen LogP contribution in [0.2, 0.25) is 0 Å². The average molecular weight is 323 g/mol. The van der Waals surface area contributed by atoms with E-state index >= 15 is 0 Å². The van der Waals surface area contributed by atoms with Crippen molar-refractivity contribution in [1.29, 1.82) is 0 Å². The van der Waals surface area contributed by atoms with Crippen LogP contribution in [0.15, 0.2) is 35.1 Å². The van der Waals surface area contributed by atoms with Gasteiger partial charge < -0.3 is 13.8 Å². The predicted molar refractivity (Wildman–Crippen MR) is 85.2 cm³/mol. The zero-order chi connectivity index (χ0) is 16.1. The molecule has 0 bridgehead atoms. The van der Waals surface area contributed by atoms with Gasteiger partial charge in [0, 0.05) is 31.4 Å². The van der Waals surface area contributed by atoms with E-state index < -0.39 is 0 Å². The lowest BCUT2D eigenvalue weighted by molar-refractivity contribution is -0.134. The number of carbonyl (C=O) groups excluding carboxylic acids is 1. The van der Waals surface area contributed by atoms with Crippen LogP contribution in [0.1, 0.15) is 37.5 Å². The summed E-state index contributed by atoms with van der Waals surface area (Å²) in [5.41, 5.74) is 1.55. The molecule has 0 spiro atoms. The average Bonchev–Trinajstić information content (AvgIpc) is 3.16. The number of piperidine rings is 1. The summed E-state index contributed by atoms with van der Waals surface area (Å²) >= 11 is 0. The van der Waals surface area contributed by atoms with Crippen molar-refractivity contribution < 1.29 is 9.32 Å². The van der Waals surface area contributed by atoms with Gasteiger partial charge in [-0.3, -0.25) is 4.79 Å². The van der Waals surface area contributed by atoms with E-state index in [1.165, 1.54) is 0 Å². The topological polar surface area (TPSA) is 76.5 Å². The summed E-state index contributed by atoms with van der Waals surface area (Å²) in [4.78, 5) is 23.1. The van der Waals surface area contributed by atoms with Crippen molar-refractivity contribution in [3.63, 3.8) is 0 Å². The molecule has 7 nitrogen and oxygen atoms in total. The third kappa shape index (κ3) is 2.28. The fourth-order valence-corrected chi connectivity index (χ4v) is 3.36. The van der Waals surface area contributed by atoms with Crippen molar-refractivity contribution in [2.45, 2.75) is 37.6 Å². The zero-order valence-corrected chi connectivity index (χ0v) is 13.1. The maximum absolute atomic E-state index is 12.0. The number of pyridine rings is 1. The van der Waals surface area contributed by atoms with E-state index in [9.17, 15) is 4.79 Å². The molecule has 3 aromatic rings. The number of aromatic nitrogens is 4. The van der Waals surface area contributed by atoms with Crippen LogP contribution in [0.3, 0.4) is 0 Å². The molecule has 2 aliphatic rings. The number of imidazole rings is 1. The van der Waals surface area contributed by atoms with Gasteiger partial charge in [-0.1, -0.05) is 11.2 Å². The van der Waals surface area contributed by atoms with E-state index in [1.807, 2.05) is 39.9 Å². The van der Waals surface area contributed by atoms with Crippen LogP contribution in [0, 0.1) is 0 Å². The maximum atomic E-state index is 12.0. The molecule has 1 aliphatic heterocycles. The van der Waals surface area contributed by atoms with Gasteiger partial charge in [0.2, 0.25) is 17.6 Å². The van der Waals surface area contributed by atoms with Crippen molar-refractivity contribution in [3.8, 4) is 11.5 Å². The molecule has 1 aliphatic carbocycles. The Hall–Kier alpha value is -2.70. The Morgan fingerprint density at radius 3 is 2.92 bits per heavy atom. The quantitative estimate of drug-likeness (QED) is 0.739. The molecule has 1 amide bonds. The minimum Gasteiger partial charge on any atom is -0.339 e. The normalized spacial score (nSPS) is 21.6. The van der Waals surface area contributed by atoms with Crippen molar-refractivity contribution in [3.05, 3.63) is 36.5 Å². The lowest BCUT2D eigenvalue weighted by Crippen LogP contribution is -2.40. The third-order valence-electron chi connectivity index (χ3n) is 4.82. The van der Waals surface area contributed by atoms with Crippen LogP contribution in [0.4, 0.5) is 0 Å². The fraction of sp³-hybridized carbons (Fsp3) is 0.412. The highest BCUT2D eigenvalue weighted by Crippen LogP contribution is 2.35. The van der Waals surface area contributed by atoms with Crippen LogP contribution in [-0.4, -0.2) is 42.9 Å². The monoisotopic (exact) mass is 323 g/mol. The Labute approximate surface area is 138 Å². The highest BCUT2D eigenvalue weighted by Gasteiger charge is 2.38. The number of amides is 1. The predicted octanol–water partition coefficient (Wildman–Crippen LogP) is 2.25. The molecule has 7 heteroatoms. The first kappa shape index (κ1) is 13.7. The van der Waals surface area contributed by atoms with Gasteiger partial charge in [0.15, 0.2) is 0 Å². The molecular formula is C17H17N5O2. The third-order valence-corrected chi connectivity index (χ3v) is 4.82. The second-order valence-electron chi connectivity index (χ2n) is 6.56. The second-order valence-corrected chi connectivity index (χ2v) is 6.56. The van der Waals surface area contributed by atoms with Crippen molar-refractivity contribution >= 4 is 11.6 Å². The van der Waals surface area contributed by atoms with Crippen molar-refractivity contribution in [2.75, 3.05) is 6.54 Å². The van der Waals surface area contributed by atoms with Gasteiger partial charge in [-0.25, -0.2) is 4.98 Å². The number of rotatable bonds is 3. The van der Waals surface area contributed by atoms with Gasteiger partial charge in [-0.15, -0.1) is 0 Å². The van der Waals surface area contributed by atoms with Gasteiger partial charge >= 0.3 is 0 Å². The molecule has 1 saturated carbocycles. The van der Waals surface area contributed by atoms with E-state index in [2.05, 4.69) is 15.1 Å². The SMILES string of the molecule is O=C1CCC(c2nc(-c3cn4ccccc4n3)no2)CN1C1CC1. The van der Waals surface area contributed by atoms with Crippen molar-refractivity contribution in [2.24, 2.45) is 0 Å². The molecule has 1 unspecified atom stereocenters. The summed E-state index contributed by atoms with van der Waals surface area (Å²) in [6.45, 7) is 0.691. The van der Waals surface area contributed by atoms with Gasteiger partial charge in [-0.05, 0) is 31.4 Å². The maximum Gasteiger partial charge on any atom is 0.231 e. The Kier molecular flexibility index (Phi) is 2.95. The standard InChI is InChI=1S/C17H17N5O2/c23-15-7-4-11(9-22(15)12-5-6-12)17-19-16(20-24-17)13-10-21-8-2-1-3-14(21)18-13/h1-3,8,10-12H,4-7,9H2. The number of nitrogens with zero attached hydrogens (tertiary/aromatic N) is 5. The summed E-state index contributed by atoms with van der Waals surface area (Å²) < 4.78 is 7.42. The van der Waals surface area contributed by atoms with Gasteiger partial charge in [0.05, 0.1) is 5.92 Å². The Bertz CT molecular complexity index is 877. The zero-order valence-electron chi connectivity index (χ0n) is 13.1. The fourth-order valence-electron chi connectivity index (χ4n) is 3.36. The van der Waals surface area contributed by atoms with Crippen LogP contribution in [-0.2, 0) is 4.79 Å². The molecule has 0 aromatic carbocycles. The molecule has 3 aromatic heterocycles. The molecule has 0 N–H and O–H groups in total. The molecule has 2 fully saturated rings. The first-order valence-corrected chi connectivity index (χ1v) is 8.35. The first-order valence-electron chi connectivity index (χ1n) is 8.35. The minimum atomic E-state index is 0.126. The van der Waals surface area contributed by atoms with Crippen LogP contribution in [0.25, 0.3) is 17.2 Å².